The summed E-state index contributed by atoms with van der Waals surface area (Å²) in [6.07, 6.45) is 0. The average Bonchev–Trinajstić information content (AvgIpc) is 3.11. The quantitative estimate of drug-likeness (QED) is 0.685. The van der Waals surface area contributed by atoms with Crippen LogP contribution < -0.4 is 4.90 Å². The summed E-state index contributed by atoms with van der Waals surface area (Å²) in [5, 5.41) is 15.3. The third-order valence-corrected chi connectivity index (χ3v) is 5.29. The molecule has 5 nitrogen and oxygen atoms in total. The highest BCUT2D eigenvalue weighted by Gasteiger charge is 2.20. The zero-order valence-corrected chi connectivity index (χ0v) is 16.1. The second-order valence-electron chi connectivity index (χ2n) is 6.55. The number of halogens is 2. The lowest BCUT2D eigenvalue weighted by atomic mass is 10.1. The molecule has 1 saturated heterocycles. The Balaban J connectivity index is 1.39. The van der Waals surface area contributed by atoms with Crippen LogP contribution >= 0.6 is 23.2 Å². The summed E-state index contributed by atoms with van der Waals surface area (Å²) in [5.41, 5.74) is 2.40. The number of aromatic nitrogens is 1. The first-order valence-corrected chi connectivity index (χ1v) is 9.52. The minimum atomic E-state index is 0.325. The lowest BCUT2D eigenvalue weighted by molar-refractivity contribution is 0.219. The van der Waals surface area contributed by atoms with Crippen LogP contribution in [0.15, 0.2) is 53.1 Å². The molecule has 4 rings (SSSR count). The van der Waals surface area contributed by atoms with E-state index in [1.807, 2.05) is 30.3 Å². The number of hydrogen-bond donors (Lipinski definition) is 1. The van der Waals surface area contributed by atoms with Crippen molar-refractivity contribution in [3.05, 3.63) is 64.3 Å². The van der Waals surface area contributed by atoms with Gasteiger partial charge >= 0.3 is 0 Å². The van der Waals surface area contributed by atoms with Crippen LogP contribution in [-0.4, -0.2) is 41.3 Å². The first-order chi connectivity index (χ1) is 13.1. The molecular formula is C20H19Cl2N3O2. The summed E-state index contributed by atoms with van der Waals surface area (Å²) >= 11 is 12.2. The first-order valence-electron chi connectivity index (χ1n) is 8.76. The van der Waals surface area contributed by atoms with Crippen molar-refractivity contribution in [3.63, 3.8) is 0 Å². The van der Waals surface area contributed by atoms with Crippen molar-refractivity contribution in [2.24, 2.45) is 0 Å². The smallest absolute Gasteiger partial charge is 0.151 e. The zero-order valence-electron chi connectivity index (χ0n) is 14.6. The van der Waals surface area contributed by atoms with Gasteiger partial charge in [-0.3, -0.25) is 4.90 Å². The highest BCUT2D eigenvalue weighted by molar-refractivity contribution is 6.36. The molecule has 1 aliphatic heterocycles. The molecule has 0 bridgehead atoms. The van der Waals surface area contributed by atoms with Gasteiger partial charge in [-0.25, -0.2) is 0 Å². The van der Waals surface area contributed by atoms with Crippen LogP contribution in [0, 0.1) is 0 Å². The molecule has 0 unspecified atom stereocenters. The van der Waals surface area contributed by atoms with E-state index in [1.165, 1.54) is 0 Å². The molecule has 7 heteroatoms. The van der Waals surface area contributed by atoms with E-state index < -0.39 is 0 Å². The maximum absolute atomic E-state index is 10.0. The maximum atomic E-state index is 10.0. The highest BCUT2D eigenvalue weighted by atomic mass is 35.5. The number of aromatic hydroxyl groups is 1. The van der Waals surface area contributed by atoms with Crippen LogP contribution in [0.3, 0.4) is 0 Å². The van der Waals surface area contributed by atoms with Gasteiger partial charge in [0.1, 0.15) is 11.4 Å². The van der Waals surface area contributed by atoms with E-state index in [4.69, 9.17) is 27.7 Å². The van der Waals surface area contributed by atoms with Gasteiger partial charge in [-0.1, -0.05) is 40.5 Å². The van der Waals surface area contributed by atoms with Crippen molar-refractivity contribution in [1.29, 1.82) is 0 Å². The number of piperazine rings is 1. The molecule has 0 saturated carbocycles. The van der Waals surface area contributed by atoms with Crippen molar-refractivity contribution in [2.45, 2.75) is 6.54 Å². The molecule has 0 spiro atoms. The molecule has 0 atom stereocenters. The molecule has 27 heavy (non-hydrogen) atoms. The largest absolute Gasteiger partial charge is 0.506 e. The van der Waals surface area contributed by atoms with Gasteiger partial charge in [0.2, 0.25) is 0 Å². The third-order valence-electron chi connectivity index (χ3n) is 4.74. The topological polar surface area (TPSA) is 52.7 Å². The average molecular weight is 404 g/mol. The van der Waals surface area contributed by atoms with E-state index in [0.29, 0.717) is 28.0 Å². The molecule has 0 aliphatic carbocycles. The van der Waals surface area contributed by atoms with Crippen molar-refractivity contribution < 1.29 is 9.63 Å². The Morgan fingerprint density at radius 1 is 1.00 bits per heavy atom. The van der Waals surface area contributed by atoms with Crippen LogP contribution in [0.4, 0.5) is 5.69 Å². The van der Waals surface area contributed by atoms with E-state index in [0.717, 1.165) is 43.2 Å². The fraction of sp³-hybridized carbons (Fsp3) is 0.250. The molecule has 140 valence electrons. The molecule has 1 aliphatic rings. The van der Waals surface area contributed by atoms with E-state index in [9.17, 15) is 5.11 Å². The first kappa shape index (κ1) is 18.2. The lowest BCUT2D eigenvalue weighted by Gasteiger charge is -2.35. The Labute approximate surface area is 167 Å². The standard InChI is InChI=1S/C20H19Cl2N3O2/c21-14-5-6-16(17(22)11-14)18-12-15(27-23-18)13-24-7-9-25(10-8-24)19-3-1-2-4-20(19)26/h1-6,11-12,26H,7-10,13H2. The van der Waals surface area contributed by atoms with E-state index in [1.54, 1.807) is 18.2 Å². The van der Waals surface area contributed by atoms with E-state index in [-0.39, 0.29) is 0 Å². The summed E-state index contributed by atoms with van der Waals surface area (Å²) in [5.74, 6) is 1.12. The SMILES string of the molecule is Oc1ccccc1N1CCN(Cc2cc(-c3ccc(Cl)cc3Cl)no2)CC1. The second-order valence-corrected chi connectivity index (χ2v) is 7.40. The monoisotopic (exact) mass is 403 g/mol. The number of phenolic OH excluding ortho intramolecular Hbond substituents is 1. The molecule has 1 N–H and O–H groups in total. The minimum absolute atomic E-state index is 0.325. The molecule has 1 aromatic heterocycles. The van der Waals surface area contributed by atoms with Gasteiger partial charge in [-0.15, -0.1) is 0 Å². The maximum Gasteiger partial charge on any atom is 0.151 e. The van der Waals surface area contributed by atoms with Crippen molar-refractivity contribution in [2.75, 3.05) is 31.1 Å². The van der Waals surface area contributed by atoms with Crippen LogP contribution in [0.25, 0.3) is 11.3 Å². The second kappa shape index (κ2) is 7.80. The van der Waals surface area contributed by atoms with Gasteiger partial charge in [0.05, 0.1) is 17.3 Å². The van der Waals surface area contributed by atoms with Crippen molar-refractivity contribution in [1.82, 2.24) is 10.1 Å². The summed E-state index contributed by atoms with van der Waals surface area (Å²) in [6.45, 7) is 4.15. The van der Waals surface area contributed by atoms with Crippen LogP contribution in [-0.2, 0) is 6.54 Å². The normalized spacial score (nSPS) is 15.3. The summed E-state index contributed by atoms with van der Waals surface area (Å²) in [4.78, 5) is 4.51. The summed E-state index contributed by atoms with van der Waals surface area (Å²) < 4.78 is 5.50. The Kier molecular flexibility index (Phi) is 5.25. The minimum Gasteiger partial charge on any atom is -0.506 e. The number of rotatable bonds is 4. The number of phenols is 1. The van der Waals surface area contributed by atoms with Crippen LogP contribution in [0.5, 0.6) is 5.75 Å². The third kappa shape index (κ3) is 4.05. The fourth-order valence-corrected chi connectivity index (χ4v) is 3.82. The van der Waals surface area contributed by atoms with Gasteiger partial charge in [-0.2, -0.15) is 0 Å². The number of para-hydroxylation sites is 2. The predicted molar refractivity (Wildman–Crippen MR) is 108 cm³/mol. The van der Waals surface area contributed by atoms with Crippen molar-refractivity contribution >= 4 is 28.9 Å². The van der Waals surface area contributed by atoms with Crippen molar-refractivity contribution in [3.8, 4) is 17.0 Å². The lowest BCUT2D eigenvalue weighted by Crippen LogP contribution is -2.45. The van der Waals surface area contributed by atoms with Gasteiger partial charge in [-0.05, 0) is 30.3 Å². The molecule has 2 heterocycles. The molecular weight excluding hydrogens is 385 g/mol. The number of anilines is 1. The zero-order chi connectivity index (χ0) is 18.8. The molecule has 2 aromatic carbocycles. The van der Waals surface area contributed by atoms with Gasteiger partial charge in [0.25, 0.3) is 0 Å². The summed E-state index contributed by atoms with van der Waals surface area (Å²) in [7, 11) is 0. The Bertz CT molecular complexity index is 936. The molecule has 0 radical (unpaired) electrons. The van der Waals surface area contributed by atoms with E-state index in [2.05, 4.69) is 15.0 Å². The van der Waals surface area contributed by atoms with E-state index >= 15 is 0 Å². The Morgan fingerprint density at radius 3 is 2.52 bits per heavy atom. The summed E-state index contributed by atoms with van der Waals surface area (Å²) in [6, 6.07) is 14.7. The van der Waals surface area contributed by atoms with Gasteiger partial charge in [0.15, 0.2) is 5.76 Å². The highest BCUT2D eigenvalue weighted by Crippen LogP contribution is 2.31. The molecule has 1 fully saturated rings. The number of benzene rings is 2. The van der Waals surface area contributed by atoms with Gasteiger partial charge in [0, 0.05) is 42.8 Å². The fourth-order valence-electron chi connectivity index (χ4n) is 3.31. The predicted octanol–water partition coefficient (Wildman–Crippen LogP) is 4.68. The number of hydrogen-bond acceptors (Lipinski definition) is 5. The van der Waals surface area contributed by atoms with Crippen LogP contribution in [0.2, 0.25) is 10.0 Å². The molecule has 3 aromatic rings. The Morgan fingerprint density at radius 2 is 1.78 bits per heavy atom. The van der Waals surface area contributed by atoms with Gasteiger partial charge < -0.3 is 14.5 Å². The Hall–Kier alpha value is -2.21. The molecule has 0 amide bonds. The number of nitrogens with zero attached hydrogens (tertiary/aromatic N) is 3. The van der Waals surface area contributed by atoms with Crippen LogP contribution in [0.1, 0.15) is 5.76 Å².